The fourth-order valence-electron chi connectivity index (χ4n) is 1.07. The van der Waals surface area contributed by atoms with Gasteiger partial charge < -0.3 is 25.5 Å². The van der Waals surface area contributed by atoms with Crippen LogP contribution in [-0.4, -0.2) is 64.4 Å². The van der Waals surface area contributed by atoms with E-state index in [9.17, 15) is 14.4 Å². The summed E-state index contributed by atoms with van der Waals surface area (Å²) in [5.74, 6) is -2.15. The number of hydrogen-bond donors (Lipinski definition) is 4. The lowest BCUT2D eigenvalue weighted by atomic mass is 10.3. The second kappa shape index (κ2) is 8.34. The molecular weight excluding hydrogens is 232 g/mol. The molecule has 1 saturated heterocycles. The molecule has 0 atom stereocenters. The van der Waals surface area contributed by atoms with Gasteiger partial charge in [0.25, 0.3) is 0 Å². The van der Waals surface area contributed by atoms with Gasteiger partial charge in [0.1, 0.15) is 0 Å². The Morgan fingerprint density at radius 3 is 1.59 bits per heavy atom. The lowest BCUT2D eigenvalue weighted by Gasteiger charge is -2.23. The number of carboxylic acids is 2. The van der Waals surface area contributed by atoms with E-state index in [1.165, 1.54) is 4.90 Å². The Morgan fingerprint density at radius 2 is 1.35 bits per heavy atom. The first-order valence-corrected chi connectivity index (χ1v) is 5.05. The van der Waals surface area contributed by atoms with Crippen LogP contribution in [0.2, 0.25) is 0 Å². The summed E-state index contributed by atoms with van der Waals surface area (Å²) in [4.78, 5) is 30.9. The summed E-state index contributed by atoms with van der Waals surface area (Å²) in [5.41, 5.74) is 0. The van der Waals surface area contributed by atoms with Gasteiger partial charge >= 0.3 is 18.0 Å². The normalized spacial score (nSPS) is 14.5. The van der Waals surface area contributed by atoms with Crippen molar-refractivity contribution >= 4 is 18.0 Å². The number of hydrogen-bond acceptors (Lipinski definition) is 4. The van der Waals surface area contributed by atoms with Crippen molar-refractivity contribution in [2.45, 2.75) is 12.8 Å². The third-order valence-electron chi connectivity index (χ3n) is 1.94. The van der Waals surface area contributed by atoms with Crippen molar-refractivity contribution in [1.29, 1.82) is 0 Å². The Labute approximate surface area is 97.8 Å². The minimum atomic E-state index is -1.08. The van der Waals surface area contributed by atoms with Gasteiger partial charge in [0.05, 0.1) is 12.8 Å². The molecule has 98 valence electrons. The van der Waals surface area contributed by atoms with Crippen LogP contribution < -0.4 is 5.32 Å². The topological polar surface area (TPSA) is 127 Å². The molecule has 0 aromatic heterocycles. The zero-order valence-electron chi connectivity index (χ0n) is 9.26. The Bertz CT molecular complexity index is 261. The summed E-state index contributed by atoms with van der Waals surface area (Å²) in [6.45, 7) is 2.81. The molecule has 1 fully saturated rings. The maximum atomic E-state index is 10.3. The molecule has 4 N–H and O–H groups in total. The van der Waals surface area contributed by atoms with Crippen LogP contribution >= 0.6 is 0 Å². The standard InChI is InChI=1S/C5H10N2O2.C4H6O4/c8-5(9)7-3-1-6-2-4-7;5-3(6)1-2-4(7)8/h6H,1-4H2,(H,8,9);1-2H2,(H,5,6)(H,7,8). The molecule has 8 nitrogen and oxygen atoms in total. The van der Waals surface area contributed by atoms with E-state index in [0.717, 1.165) is 13.1 Å². The molecule has 0 unspecified atom stereocenters. The summed E-state index contributed by atoms with van der Waals surface area (Å²) in [5, 5.41) is 27.3. The van der Waals surface area contributed by atoms with Gasteiger partial charge in [-0.1, -0.05) is 0 Å². The number of rotatable bonds is 3. The summed E-state index contributed by atoms with van der Waals surface area (Å²) < 4.78 is 0. The van der Waals surface area contributed by atoms with Crippen LogP contribution in [0.15, 0.2) is 0 Å². The number of carbonyl (C=O) groups is 3. The highest BCUT2D eigenvalue weighted by Gasteiger charge is 2.13. The Kier molecular flexibility index (Phi) is 7.44. The van der Waals surface area contributed by atoms with E-state index >= 15 is 0 Å². The number of nitrogens with one attached hydrogen (secondary N) is 1. The summed E-state index contributed by atoms with van der Waals surface area (Å²) >= 11 is 0. The number of nitrogens with zero attached hydrogens (tertiary/aromatic N) is 1. The van der Waals surface area contributed by atoms with Crippen LogP contribution in [-0.2, 0) is 9.59 Å². The maximum Gasteiger partial charge on any atom is 0.407 e. The lowest BCUT2D eigenvalue weighted by molar-refractivity contribution is -0.143. The molecule has 0 aliphatic carbocycles. The van der Waals surface area contributed by atoms with Gasteiger partial charge in [-0.3, -0.25) is 9.59 Å². The van der Waals surface area contributed by atoms with Crippen molar-refractivity contribution in [3.63, 3.8) is 0 Å². The van der Waals surface area contributed by atoms with Crippen molar-refractivity contribution in [3.8, 4) is 0 Å². The predicted molar refractivity (Wildman–Crippen MR) is 57.0 cm³/mol. The van der Waals surface area contributed by atoms with E-state index in [-0.39, 0.29) is 12.8 Å². The van der Waals surface area contributed by atoms with E-state index in [1.54, 1.807) is 0 Å². The molecule has 0 bridgehead atoms. The molecule has 8 heteroatoms. The van der Waals surface area contributed by atoms with Crippen LogP contribution in [0.5, 0.6) is 0 Å². The van der Waals surface area contributed by atoms with E-state index in [2.05, 4.69) is 5.32 Å². The van der Waals surface area contributed by atoms with E-state index in [0.29, 0.717) is 13.1 Å². The third kappa shape index (κ3) is 9.12. The van der Waals surface area contributed by atoms with E-state index < -0.39 is 18.0 Å². The zero-order valence-corrected chi connectivity index (χ0v) is 9.26. The smallest absolute Gasteiger partial charge is 0.407 e. The molecule has 0 aromatic rings. The van der Waals surface area contributed by atoms with Crippen molar-refractivity contribution in [2.24, 2.45) is 0 Å². The van der Waals surface area contributed by atoms with Crippen molar-refractivity contribution in [3.05, 3.63) is 0 Å². The number of piperazine rings is 1. The second-order valence-corrected chi connectivity index (χ2v) is 3.31. The summed E-state index contributed by atoms with van der Waals surface area (Å²) in [7, 11) is 0. The van der Waals surface area contributed by atoms with Crippen molar-refractivity contribution in [2.75, 3.05) is 26.2 Å². The lowest BCUT2D eigenvalue weighted by Crippen LogP contribution is -2.45. The molecule has 0 saturated carbocycles. The van der Waals surface area contributed by atoms with Crippen molar-refractivity contribution < 1.29 is 29.7 Å². The number of amides is 1. The molecule has 1 rings (SSSR count). The fraction of sp³-hybridized carbons (Fsp3) is 0.667. The Hall–Kier alpha value is -1.83. The summed E-state index contributed by atoms with van der Waals surface area (Å²) in [6, 6.07) is 0. The average Bonchev–Trinajstić information content (AvgIpc) is 2.28. The van der Waals surface area contributed by atoms with Crippen LogP contribution in [0, 0.1) is 0 Å². The Morgan fingerprint density at radius 1 is 0.941 bits per heavy atom. The minimum absolute atomic E-state index is 0.296. The molecule has 1 heterocycles. The van der Waals surface area contributed by atoms with Gasteiger partial charge in [-0.15, -0.1) is 0 Å². The van der Waals surface area contributed by atoms with E-state index in [4.69, 9.17) is 15.3 Å². The molecule has 1 aliphatic heterocycles. The SMILES string of the molecule is O=C(O)CCC(=O)O.O=C(O)N1CCNCC1. The first-order chi connectivity index (χ1) is 7.93. The van der Waals surface area contributed by atoms with Crippen LogP contribution in [0.1, 0.15) is 12.8 Å². The van der Waals surface area contributed by atoms with Crippen LogP contribution in [0.4, 0.5) is 4.79 Å². The molecule has 17 heavy (non-hydrogen) atoms. The highest BCUT2D eigenvalue weighted by atomic mass is 16.4. The van der Waals surface area contributed by atoms with Gasteiger partial charge in [-0.25, -0.2) is 4.79 Å². The summed E-state index contributed by atoms with van der Waals surface area (Å²) in [6.07, 6.45) is -1.40. The van der Waals surface area contributed by atoms with Crippen molar-refractivity contribution in [1.82, 2.24) is 10.2 Å². The molecular formula is C9H16N2O6. The molecule has 0 aromatic carbocycles. The van der Waals surface area contributed by atoms with Crippen LogP contribution in [0.3, 0.4) is 0 Å². The van der Waals surface area contributed by atoms with Gasteiger partial charge in [0, 0.05) is 26.2 Å². The average molecular weight is 248 g/mol. The molecule has 0 radical (unpaired) electrons. The number of aliphatic carboxylic acids is 2. The monoisotopic (exact) mass is 248 g/mol. The fourth-order valence-corrected chi connectivity index (χ4v) is 1.07. The molecule has 0 spiro atoms. The maximum absolute atomic E-state index is 10.3. The van der Waals surface area contributed by atoms with Gasteiger partial charge in [0.2, 0.25) is 0 Å². The van der Waals surface area contributed by atoms with Gasteiger partial charge in [-0.2, -0.15) is 0 Å². The van der Waals surface area contributed by atoms with Gasteiger partial charge in [-0.05, 0) is 0 Å². The first-order valence-electron chi connectivity index (χ1n) is 5.05. The quantitative estimate of drug-likeness (QED) is 0.530. The largest absolute Gasteiger partial charge is 0.481 e. The number of carboxylic acid groups (broad SMARTS) is 3. The second-order valence-electron chi connectivity index (χ2n) is 3.31. The third-order valence-corrected chi connectivity index (χ3v) is 1.94. The minimum Gasteiger partial charge on any atom is -0.481 e. The highest BCUT2D eigenvalue weighted by Crippen LogP contribution is 1.90. The predicted octanol–water partition coefficient (Wildman–Crippen LogP) is -0.495. The molecule has 1 amide bonds. The van der Waals surface area contributed by atoms with Gasteiger partial charge in [0.15, 0.2) is 0 Å². The van der Waals surface area contributed by atoms with E-state index in [1.807, 2.05) is 0 Å². The Balaban J connectivity index is 0.000000304. The molecule has 1 aliphatic rings. The zero-order chi connectivity index (χ0) is 13.3. The van der Waals surface area contributed by atoms with Crippen LogP contribution in [0.25, 0.3) is 0 Å². The highest BCUT2D eigenvalue weighted by molar-refractivity contribution is 5.75. The first kappa shape index (κ1) is 15.2.